The zero-order valence-corrected chi connectivity index (χ0v) is 16.9. The Hall–Kier alpha value is -3.78. The van der Waals surface area contributed by atoms with Crippen LogP contribution < -0.4 is 10.5 Å². The van der Waals surface area contributed by atoms with E-state index in [1.807, 2.05) is 25.1 Å². The summed E-state index contributed by atoms with van der Waals surface area (Å²) in [6.45, 7) is 1.89. The lowest BCUT2D eigenvalue weighted by Gasteiger charge is -2.05. The van der Waals surface area contributed by atoms with Gasteiger partial charge in [-0.25, -0.2) is 9.67 Å². The van der Waals surface area contributed by atoms with Crippen molar-refractivity contribution in [1.29, 1.82) is 0 Å². The molecule has 150 valence electrons. The van der Waals surface area contributed by atoms with Crippen molar-refractivity contribution >= 4 is 45.1 Å². The van der Waals surface area contributed by atoms with E-state index in [2.05, 4.69) is 20.1 Å². The van der Waals surface area contributed by atoms with Gasteiger partial charge >= 0.3 is 0 Å². The number of halogens is 1. The van der Waals surface area contributed by atoms with E-state index in [4.69, 9.17) is 22.1 Å². The number of ether oxygens (including phenoxy) is 1. The fraction of sp³-hybridized carbons (Fsp3) is 0.0952. The van der Waals surface area contributed by atoms with E-state index in [-0.39, 0.29) is 11.6 Å². The summed E-state index contributed by atoms with van der Waals surface area (Å²) in [5.74, 6) is 1.36. The maximum Gasteiger partial charge on any atom is 0.214 e. The summed E-state index contributed by atoms with van der Waals surface area (Å²) in [6.07, 6.45) is 1.47. The van der Waals surface area contributed by atoms with Gasteiger partial charge in [-0.1, -0.05) is 11.6 Å². The van der Waals surface area contributed by atoms with Crippen LogP contribution in [0.3, 0.4) is 0 Å². The lowest BCUT2D eigenvalue weighted by atomic mass is 10.1. The first-order chi connectivity index (χ1) is 14.4. The quantitative estimate of drug-likeness (QED) is 0.380. The van der Waals surface area contributed by atoms with Gasteiger partial charge in [0.15, 0.2) is 0 Å². The van der Waals surface area contributed by atoms with Gasteiger partial charge in [0, 0.05) is 10.9 Å². The van der Waals surface area contributed by atoms with E-state index in [1.165, 1.54) is 10.9 Å². The highest BCUT2D eigenvalue weighted by Crippen LogP contribution is 2.31. The molecule has 0 radical (unpaired) electrons. The Kier molecular flexibility index (Phi) is 4.04. The van der Waals surface area contributed by atoms with Crippen LogP contribution in [0.25, 0.3) is 27.6 Å². The van der Waals surface area contributed by atoms with Crippen LogP contribution in [-0.2, 0) is 0 Å². The molecule has 0 unspecified atom stereocenters. The zero-order chi connectivity index (χ0) is 21.0. The van der Waals surface area contributed by atoms with Gasteiger partial charge in [0.25, 0.3) is 0 Å². The van der Waals surface area contributed by atoms with Crippen molar-refractivity contribution in [2.75, 3.05) is 12.8 Å². The Morgan fingerprint density at radius 3 is 2.80 bits per heavy atom. The van der Waals surface area contributed by atoms with E-state index < -0.39 is 0 Å². The number of nitrogen functional groups attached to an aromatic ring is 1. The molecular formula is C21H17ClN6O2. The number of anilines is 1. The second-order valence-corrected chi connectivity index (χ2v) is 7.37. The molecule has 5 aromatic rings. The number of methoxy groups -OCH3 is 1. The van der Waals surface area contributed by atoms with E-state index in [0.29, 0.717) is 22.0 Å². The van der Waals surface area contributed by atoms with E-state index in [1.54, 1.807) is 25.3 Å². The van der Waals surface area contributed by atoms with Crippen LogP contribution in [0.5, 0.6) is 5.75 Å². The number of benzene rings is 2. The molecule has 0 bridgehead atoms. The van der Waals surface area contributed by atoms with Gasteiger partial charge in [-0.05, 0) is 43.3 Å². The third-order valence-electron chi connectivity index (χ3n) is 5.02. The molecule has 0 aliphatic rings. The normalized spacial score (nSPS) is 11.4. The minimum atomic E-state index is -0.261. The molecule has 0 saturated carbocycles. The topological polar surface area (TPSA) is 115 Å². The average Bonchev–Trinajstić information content (AvgIpc) is 3.41. The predicted octanol–water partition coefficient (Wildman–Crippen LogP) is 4.01. The number of H-pyrrole nitrogens is 2. The third kappa shape index (κ3) is 2.81. The minimum absolute atomic E-state index is 0.254. The number of imidazole rings is 1. The van der Waals surface area contributed by atoms with Gasteiger partial charge in [0.2, 0.25) is 5.78 Å². The lowest BCUT2D eigenvalue weighted by Crippen LogP contribution is -2.07. The SMILES string of the molecule is COc1cc2cc(C(=O)c3cnn(-c4ccc5nc(C)[nH]c5c4)c3N)[nH]c2cc1Cl. The van der Waals surface area contributed by atoms with Gasteiger partial charge in [0.1, 0.15) is 17.4 Å². The minimum Gasteiger partial charge on any atom is -0.495 e. The number of fused-ring (bicyclic) bond motifs is 2. The summed E-state index contributed by atoms with van der Waals surface area (Å²) < 4.78 is 6.77. The van der Waals surface area contributed by atoms with E-state index in [9.17, 15) is 4.79 Å². The summed E-state index contributed by atoms with van der Waals surface area (Å²) in [4.78, 5) is 23.8. The van der Waals surface area contributed by atoms with Gasteiger partial charge in [-0.3, -0.25) is 4.79 Å². The number of hydrogen-bond donors (Lipinski definition) is 3. The predicted molar refractivity (Wildman–Crippen MR) is 116 cm³/mol. The van der Waals surface area contributed by atoms with Crippen LogP contribution in [0.4, 0.5) is 5.82 Å². The van der Waals surface area contributed by atoms with Crippen molar-refractivity contribution in [2.45, 2.75) is 6.92 Å². The zero-order valence-electron chi connectivity index (χ0n) is 16.2. The molecule has 9 heteroatoms. The molecule has 0 atom stereocenters. The molecule has 0 amide bonds. The molecule has 0 aliphatic heterocycles. The average molecular weight is 421 g/mol. The Morgan fingerprint density at radius 1 is 1.17 bits per heavy atom. The molecule has 30 heavy (non-hydrogen) atoms. The number of nitrogens with two attached hydrogens (primary N) is 1. The molecule has 0 aliphatic carbocycles. The Morgan fingerprint density at radius 2 is 2.00 bits per heavy atom. The monoisotopic (exact) mass is 420 g/mol. The standard InChI is InChI=1S/C21H17ClN6O2/c1-10-25-15-4-3-12(7-17(15)26-10)28-21(23)13(9-24-28)20(29)18-5-11-6-19(30-2)14(22)8-16(11)27-18/h3-9,27H,23H2,1-2H3,(H,25,26). The van der Waals surface area contributed by atoms with Crippen LogP contribution in [0.1, 0.15) is 21.9 Å². The maximum absolute atomic E-state index is 13.1. The number of hydrogen-bond acceptors (Lipinski definition) is 5. The molecule has 2 aromatic carbocycles. The molecule has 4 N–H and O–H groups in total. The molecule has 8 nitrogen and oxygen atoms in total. The van der Waals surface area contributed by atoms with Crippen molar-refractivity contribution in [1.82, 2.24) is 24.7 Å². The third-order valence-corrected chi connectivity index (χ3v) is 5.31. The van der Waals surface area contributed by atoms with Gasteiger partial charge in [0.05, 0.1) is 46.3 Å². The molecule has 3 heterocycles. The highest BCUT2D eigenvalue weighted by atomic mass is 35.5. The first-order valence-electron chi connectivity index (χ1n) is 9.16. The number of rotatable bonds is 4. The first kappa shape index (κ1) is 18.3. The molecular weight excluding hydrogens is 404 g/mol. The van der Waals surface area contributed by atoms with Crippen molar-refractivity contribution in [2.24, 2.45) is 0 Å². The number of ketones is 1. The van der Waals surface area contributed by atoms with Crippen LogP contribution in [-0.4, -0.2) is 37.6 Å². The second-order valence-electron chi connectivity index (χ2n) is 6.97. The highest BCUT2D eigenvalue weighted by molar-refractivity contribution is 6.32. The fourth-order valence-corrected chi connectivity index (χ4v) is 3.79. The van der Waals surface area contributed by atoms with Crippen LogP contribution in [0, 0.1) is 6.92 Å². The Balaban J connectivity index is 1.54. The number of carbonyl (C=O) groups excluding carboxylic acids is 1. The molecule has 0 spiro atoms. The largest absolute Gasteiger partial charge is 0.495 e. The molecule has 5 rings (SSSR count). The van der Waals surface area contributed by atoms with Gasteiger partial charge < -0.3 is 20.4 Å². The van der Waals surface area contributed by atoms with Crippen molar-refractivity contribution in [3.05, 3.63) is 64.7 Å². The summed E-state index contributed by atoms with van der Waals surface area (Å²) in [5, 5.41) is 5.59. The Labute approximate surface area is 175 Å². The van der Waals surface area contributed by atoms with Gasteiger partial charge in [-0.15, -0.1) is 0 Å². The number of nitrogens with zero attached hydrogens (tertiary/aromatic N) is 3. The van der Waals surface area contributed by atoms with Crippen molar-refractivity contribution in [3.63, 3.8) is 0 Å². The summed E-state index contributed by atoms with van der Waals surface area (Å²) >= 11 is 6.18. The smallest absolute Gasteiger partial charge is 0.214 e. The number of nitrogens with one attached hydrogen (secondary N) is 2. The number of aromatic nitrogens is 5. The maximum atomic E-state index is 13.1. The second kappa shape index (κ2) is 6.64. The number of aromatic amines is 2. The number of carbonyl (C=O) groups is 1. The van der Waals surface area contributed by atoms with Crippen LogP contribution >= 0.6 is 11.6 Å². The lowest BCUT2D eigenvalue weighted by molar-refractivity contribution is 0.103. The van der Waals surface area contributed by atoms with E-state index >= 15 is 0 Å². The van der Waals surface area contributed by atoms with Crippen molar-refractivity contribution < 1.29 is 9.53 Å². The fourth-order valence-electron chi connectivity index (χ4n) is 3.55. The molecule has 3 aromatic heterocycles. The van der Waals surface area contributed by atoms with E-state index in [0.717, 1.165) is 33.4 Å². The van der Waals surface area contributed by atoms with Gasteiger partial charge in [-0.2, -0.15) is 5.10 Å². The highest BCUT2D eigenvalue weighted by Gasteiger charge is 2.20. The number of aryl methyl sites for hydroxylation is 1. The molecule has 0 saturated heterocycles. The Bertz CT molecular complexity index is 1450. The summed E-state index contributed by atoms with van der Waals surface area (Å²) in [5.41, 5.74) is 10.2. The summed E-state index contributed by atoms with van der Waals surface area (Å²) in [6, 6.07) is 10.9. The first-order valence-corrected chi connectivity index (χ1v) is 9.53. The van der Waals surface area contributed by atoms with Crippen molar-refractivity contribution in [3.8, 4) is 11.4 Å². The summed E-state index contributed by atoms with van der Waals surface area (Å²) in [7, 11) is 1.54. The van der Waals surface area contributed by atoms with Crippen LogP contribution in [0.2, 0.25) is 5.02 Å². The molecule has 0 fully saturated rings. The van der Waals surface area contributed by atoms with Crippen LogP contribution in [0.15, 0.2) is 42.6 Å².